The highest BCUT2D eigenvalue weighted by atomic mass is 16.5. The molecule has 30 heavy (non-hydrogen) atoms. The van der Waals surface area contributed by atoms with E-state index in [0.29, 0.717) is 19.0 Å². The van der Waals surface area contributed by atoms with Crippen molar-refractivity contribution < 1.29 is 9.84 Å². The third kappa shape index (κ3) is 4.10. The average Bonchev–Trinajstić information content (AvgIpc) is 3.05. The average molecular weight is 401 g/mol. The fourth-order valence-corrected chi connectivity index (χ4v) is 3.90. The highest BCUT2D eigenvalue weighted by molar-refractivity contribution is 5.78. The summed E-state index contributed by atoms with van der Waals surface area (Å²) >= 11 is 0. The number of nitrogens with zero attached hydrogens (tertiary/aromatic N) is 2. The summed E-state index contributed by atoms with van der Waals surface area (Å²) in [7, 11) is 0. The van der Waals surface area contributed by atoms with E-state index in [4.69, 9.17) is 9.72 Å². The molecular weight excluding hydrogens is 372 g/mol. The Bertz CT molecular complexity index is 1160. The quantitative estimate of drug-likeness (QED) is 0.469. The zero-order valence-corrected chi connectivity index (χ0v) is 18.0. The maximum atomic E-state index is 11.1. The fourth-order valence-electron chi connectivity index (χ4n) is 3.90. The molecule has 1 heterocycles. The van der Waals surface area contributed by atoms with Crippen LogP contribution < -0.4 is 4.74 Å². The van der Waals surface area contributed by atoms with Gasteiger partial charge in [0.15, 0.2) is 0 Å². The Morgan fingerprint density at radius 2 is 1.57 bits per heavy atom. The first-order valence-electron chi connectivity index (χ1n) is 10.3. The van der Waals surface area contributed by atoms with Gasteiger partial charge in [0, 0.05) is 0 Å². The predicted molar refractivity (Wildman–Crippen MR) is 121 cm³/mol. The lowest BCUT2D eigenvalue weighted by Gasteiger charge is -2.15. The second kappa shape index (κ2) is 8.33. The van der Waals surface area contributed by atoms with Gasteiger partial charge in [-0.1, -0.05) is 36.4 Å². The van der Waals surface area contributed by atoms with E-state index in [1.54, 1.807) is 0 Å². The second-order valence-corrected chi connectivity index (χ2v) is 8.03. The molecule has 0 aliphatic heterocycles. The number of aromatic nitrogens is 2. The van der Waals surface area contributed by atoms with E-state index >= 15 is 0 Å². The van der Waals surface area contributed by atoms with Crippen molar-refractivity contribution in [2.45, 2.75) is 40.3 Å². The summed E-state index contributed by atoms with van der Waals surface area (Å²) in [5, 5.41) is 11.1. The topological polar surface area (TPSA) is 47.3 Å². The summed E-state index contributed by atoms with van der Waals surface area (Å²) in [6.45, 7) is 9.43. The van der Waals surface area contributed by atoms with Crippen LogP contribution in [-0.4, -0.2) is 21.3 Å². The molecule has 4 nitrogen and oxygen atoms in total. The summed E-state index contributed by atoms with van der Waals surface area (Å²) in [4.78, 5) is 4.80. The third-order valence-electron chi connectivity index (χ3n) is 5.53. The van der Waals surface area contributed by atoms with Crippen molar-refractivity contribution in [2.24, 2.45) is 0 Å². The Morgan fingerprint density at radius 3 is 2.27 bits per heavy atom. The number of aliphatic hydroxyl groups excluding tert-OH is 1. The molecule has 0 aliphatic rings. The van der Waals surface area contributed by atoms with E-state index in [0.717, 1.165) is 22.3 Å². The number of imidazole rings is 1. The zero-order chi connectivity index (χ0) is 21.3. The van der Waals surface area contributed by atoms with E-state index in [2.05, 4.69) is 50.5 Å². The van der Waals surface area contributed by atoms with Crippen molar-refractivity contribution in [3.63, 3.8) is 0 Å². The number of aliphatic hydroxyl groups is 1. The van der Waals surface area contributed by atoms with E-state index in [9.17, 15) is 5.11 Å². The van der Waals surface area contributed by atoms with Gasteiger partial charge in [0.05, 0.1) is 17.6 Å². The molecule has 1 N–H and O–H groups in total. The number of aryl methyl sites for hydroxylation is 4. The summed E-state index contributed by atoms with van der Waals surface area (Å²) in [6.07, 6.45) is -0.791. The van der Waals surface area contributed by atoms with Crippen LogP contribution in [0.3, 0.4) is 0 Å². The van der Waals surface area contributed by atoms with Gasteiger partial charge >= 0.3 is 0 Å². The van der Waals surface area contributed by atoms with Crippen LogP contribution in [0.1, 0.15) is 39.7 Å². The monoisotopic (exact) mass is 400 g/mol. The van der Waals surface area contributed by atoms with Crippen molar-refractivity contribution >= 4 is 11.0 Å². The molecule has 154 valence electrons. The van der Waals surface area contributed by atoms with Crippen LogP contribution in [0.5, 0.6) is 5.75 Å². The van der Waals surface area contributed by atoms with Crippen molar-refractivity contribution in [3.8, 4) is 5.75 Å². The van der Waals surface area contributed by atoms with Gasteiger partial charge in [0.1, 0.15) is 24.3 Å². The summed E-state index contributed by atoms with van der Waals surface area (Å²) in [6, 6.07) is 20.1. The highest BCUT2D eigenvalue weighted by Gasteiger charge is 2.20. The molecule has 1 unspecified atom stereocenters. The Balaban J connectivity index is 1.68. The van der Waals surface area contributed by atoms with Gasteiger partial charge < -0.3 is 14.4 Å². The molecule has 0 aliphatic carbocycles. The molecule has 1 aromatic heterocycles. The lowest BCUT2D eigenvalue weighted by atomic mass is 10.1. The van der Waals surface area contributed by atoms with Gasteiger partial charge in [-0.15, -0.1) is 0 Å². The fraction of sp³-hybridized carbons (Fsp3) is 0.269. The third-order valence-corrected chi connectivity index (χ3v) is 5.53. The number of ether oxygens (including phenoxy) is 1. The van der Waals surface area contributed by atoms with Crippen molar-refractivity contribution in [1.82, 2.24) is 9.55 Å². The lowest BCUT2D eigenvalue weighted by Crippen LogP contribution is -2.14. The van der Waals surface area contributed by atoms with Gasteiger partial charge in [0.2, 0.25) is 0 Å². The molecule has 0 radical (unpaired) electrons. The number of fused-ring (bicyclic) bond motifs is 1. The molecule has 4 heteroatoms. The van der Waals surface area contributed by atoms with Crippen LogP contribution in [0.25, 0.3) is 11.0 Å². The van der Waals surface area contributed by atoms with Gasteiger partial charge in [-0.05, 0) is 79.8 Å². The molecule has 0 saturated heterocycles. The van der Waals surface area contributed by atoms with Crippen LogP contribution in [-0.2, 0) is 6.54 Å². The summed E-state index contributed by atoms with van der Waals surface area (Å²) in [5.74, 6) is 1.51. The van der Waals surface area contributed by atoms with Crippen LogP contribution in [0.2, 0.25) is 0 Å². The zero-order valence-electron chi connectivity index (χ0n) is 18.0. The first-order chi connectivity index (χ1) is 14.4. The summed E-state index contributed by atoms with van der Waals surface area (Å²) < 4.78 is 8.14. The lowest BCUT2D eigenvalue weighted by molar-refractivity contribution is 0.201. The number of hydrogen-bond acceptors (Lipinski definition) is 3. The van der Waals surface area contributed by atoms with E-state index < -0.39 is 6.10 Å². The Kier molecular flexibility index (Phi) is 5.60. The van der Waals surface area contributed by atoms with Crippen molar-refractivity contribution in [1.29, 1.82) is 0 Å². The van der Waals surface area contributed by atoms with Crippen LogP contribution in [0.4, 0.5) is 0 Å². The molecule has 0 saturated carbocycles. The van der Waals surface area contributed by atoms with Gasteiger partial charge in [-0.25, -0.2) is 4.98 Å². The van der Waals surface area contributed by atoms with Gasteiger partial charge in [0.25, 0.3) is 0 Å². The number of rotatable bonds is 6. The van der Waals surface area contributed by atoms with Crippen molar-refractivity contribution in [2.75, 3.05) is 6.61 Å². The first-order valence-corrected chi connectivity index (χ1v) is 10.3. The Labute approximate surface area is 177 Å². The minimum absolute atomic E-state index is 0.496. The van der Waals surface area contributed by atoms with Gasteiger partial charge in [-0.2, -0.15) is 0 Å². The highest BCUT2D eigenvalue weighted by Crippen LogP contribution is 2.27. The molecule has 0 bridgehead atoms. The second-order valence-electron chi connectivity index (χ2n) is 8.03. The molecular formula is C26H28N2O2. The normalized spacial score (nSPS) is 12.3. The Morgan fingerprint density at radius 1 is 0.900 bits per heavy atom. The van der Waals surface area contributed by atoms with E-state index in [1.165, 1.54) is 22.3 Å². The van der Waals surface area contributed by atoms with E-state index in [1.807, 2.05) is 42.5 Å². The van der Waals surface area contributed by atoms with Gasteiger partial charge in [-0.3, -0.25) is 0 Å². The SMILES string of the molecule is Cc1cc(C)cc(OCCn2c(C(O)c3ccccc3)nc3cc(C)c(C)cc32)c1. The van der Waals surface area contributed by atoms with Crippen LogP contribution >= 0.6 is 0 Å². The number of hydrogen-bond donors (Lipinski definition) is 1. The minimum Gasteiger partial charge on any atom is -0.492 e. The molecule has 4 aromatic rings. The largest absolute Gasteiger partial charge is 0.492 e. The molecule has 3 aromatic carbocycles. The minimum atomic E-state index is -0.791. The smallest absolute Gasteiger partial charge is 0.143 e. The Hall–Kier alpha value is -3.11. The van der Waals surface area contributed by atoms with Crippen LogP contribution in [0.15, 0.2) is 60.7 Å². The van der Waals surface area contributed by atoms with Crippen LogP contribution in [0, 0.1) is 27.7 Å². The molecule has 1 atom stereocenters. The molecule has 4 rings (SSSR count). The molecule has 0 fully saturated rings. The predicted octanol–water partition coefficient (Wildman–Crippen LogP) is 5.43. The van der Waals surface area contributed by atoms with E-state index in [-0.39, 0.29) is 0 Å². The maximum absolute atomic E-state index is 11.1. The molecule has 0 amide bonds. The number of benzene rings is 3. The maximum Gasteiger partial charge on any atom is 0.143 e. The van der Waals surface area contributed by atoms with Crippen molar-refractivity contribution in [3.05, 3.63) is 94.3 Å². The first kappa shape index (κ1) is 20.2. The molecule has 0 spiro atoms. The standard InChI is InChI=1S/C26H28N2O2/c1-17-12-18(2)14-22(13-17)30-11-10-28-24-16-20(4)19(3)15-23(24)27-26(28)25(29)21-8-6-5-7-9-21/h5-9,12-16,25,29H,10-11H2,1-4H3. The summed E-state index contributed by atoms with van der Waals surface area (Å²) in [5.41, 5.74) is 7.52.